The highest BCUT2D eigenvalue weighted by atomic mass is 16.3. The molecule has 26 heavy (non-hydrogen) atoms. The van der Waals surface area contributed by atoms with E-state index in [2.05, 4.69) is 4.98 Å². The number of carbonyl (C=O) groups is 1. The third-order valence-corrected chi connectivity index (χ3v) is 4.37. The zero-order valence-corrected chi connectivity index (χ0v) is 15.1. The van der Waals surface area contributed by atoms with Crippen molar-refractivity contribution in [2.45, 2.75) is 26.9 Å². The average molecular weight is 351 g/mol. The van der Waals surface area contributed by atoms with E-state index in [0.717, 1.165) is 11.4 Å². The summed E-state index contributed by atoms with van der Waals surface area (Å²) in [5.74, 6) is 0.320. The summed E-state index contributed by atoms with van der Waals surface area (Å²) in [7, 11) is 1.67. The molecular formula is C20H21N3O3. The Morgan fingerprint density at radius 2 is 2.00 bits per heavy atom. The molecule has 0 saturated carbocycles. The van der Waals surface area contributed by atoms with Crippen LogP contribution in [0.2, 0.25) is 0 Å². The van der Waals surface area contributed by atoms with Crippen LogP contribution in [0.4, 0.5) is 0 Å². The normalized spacial score (nSPS) is 10.7. The van der Waals surface area contributed by atoms with E-state index in [0.29, 0.717) is 11.3 Å². The summed E-state index contributed by atoms with van der Waals surface area (Å²) in [5, 5.41) is 0. The fourth-order valence-corrected chi connectivity index (χ4v) is 2.87. The molecule has 0 atom stereocenters. The van der Waals surface area contributed by atoms with Gasteiger partial charge in [0.2, 0.25) is 0 Å². The second kappa shape index (κ2) is 7.39. The second-order valence-electron chi connectivity index (χ2n) is 6.27. The summed E-state index contributed by atoms with van der Waals surface area (Å²) in [5.41, 5.74) is 2.11. The minimum atomic E-state index is -0.329. The second-order valence-corrected chi connectivity index (χ2v) is 6.27. The molecule has 0 aliphatic heterocycles. The standard InChI is InChI=1S/C20H21N3O3/c1-14-11-15(2)22(3)19(24)18(14)20(25)23(13-17-8-6-10-26-17)12-16-7-4-5-9-21-16/h4-11H,12-13H2,1-3H3. The number of pyridine rings is 2. The van der Waals surface area contributed by atoms with Gasteiger partial charge in [0.1, 0.15) is 11.3 Å². The zero-order valence-electron chi connectivity index (χ0n) is 15.1. The Morgan fingerprint density at radius 1 is 1.19 bits per heavy atom. The molecule has 0 unspecified atom stereocenters. The van der Waals surface area contributed by atoms with Crippen LogP contribution in [0.3, 0.4) is 0 Å². The van der Waals surface area contributed by atoms with Crippen molar-refractivity contribution in [1.29, 1.82) is 0 Å². The predicted molar refractivity (Wildman–Crippen MR) is 97.7 cm³/mol. The Morgan fingerprint density at radius 3 is 2.65 bits per heavy atom. The number of amides is 1. The Kier molecular flexibility index (Phi) is 5.02. The number of hydrogen-bond acceptors (Lipinski definition) is 4. The van der Waals surface area contributed by atoms with E-state index in [1.807, 2.05) is 31.2 Å². The van der Waals surface area contributed by atoms with Gasteiger partial charge in [0.25, 0.3) is 11.5 Å². The molecule has 0 saturated heterocycles. The smallest absolute Gasteiger partial charge is 0.263 e. The zero-order chi connectivity index (χ0) is 18.7. The Labute approximate surface area is 151 Å². The van der Waals surface area contributed by atoms with Crippen molar-refractivity contribution < 1.29 is 9.21 Å². The Hall–Kier alpha value is -3.15. The van der Waals surface area contributed by atoms with Crippen LogP contribution in [-0.2, 0) is 20.1 Å². The lowest BCUT2D eigenvalue weighted by atomic mass is 10.1. The highest BCUT2D eigenvalue weighted by molar-refractivity contribution is 5.95. The Bertz CT molecular complexity index is 960. The van der Waals surface area contributed by atoms with Gasteiger partial charge in [-0.1, -0.05) is 6.07 Å². The molecule has 6 heteroatoms. The van der Waals surface area contributed by atoms with Gasteiger partial charge >= 0.3 is 0 Å². The number of rotatable bonds is 5. The van der Waals surface area contributed by atoms with E-state index < -0.39 is 0 Å². The SMILES string of the molecule is Cc1cc(C)n(C)c(=O)c1C(=O)N(Cc1ccccn1)Cc1ccco1. The van der Waals surface area contributed by atoms with Gasteiger partial charge in [0, 0.05) is 18.9 Å². The summed E-state index contributed by atoms with van der Waals surface area (Å²) in [6, 6.07) is 11.0. The maximum atomic E-state index is 13.2. The fourth-order valence-electron chi connectivity index (χ4n) is 2.87. The van der Waals surface area contributed by atoms with Gasteiger partial charge in [-0.15, -0.1) is 0 Å². The van der Waals surface area contributed by atoms with Crippen LogP contribution in [0.5, 0.6) is 0 Å². The average Bonchev–Trinajstić information content (AvgIpc) is 3.13. The number of hydrogen-bond donors (Lipinski definition) is 0. The van der Waals surface area contributed by atoms with Gasteiger partial charge in [0.15, 0.2) is 0 Å². The lowest BCUT2D eigenvalue weighted by Gasteiger charge is -2.22. The molecule has 1 amide bonds. The number of aryl methyl sites for hydroxylation is 2. The molecule has 3 rings (SSSR count). The van der Waals surface area contributed by atoms with Crippen LogP contribution in [-0.4, -0.2) is 20.4 Å². The minimum absolute atomic E-state index is 0.181. The molecular weight excluding hydrogens is 330 g/mol. The van der Waals surface area contributed by atoms with Crippen molar-refractivity contribution >= 4 is 5.91 Å². The predicted octanol–water partition coefficient (Wildman–Crippen LogP) is 2.83. The summed E-state index contributed by atoms with van der Waals surface area (Å²) in [4.78, 5) is 31.8. The van der Waals surface area contributed by atoms with Crippen LogP contribution in [0.1, 0.15) is 33.1 Å². The maximum absolute atomic E-state index is 13.2. The molecule has 6 nitrogen and oxygen atoms in total. The third-order valence-electron chi connectivity index (χ3n) is 4.37. The molecule has 0 radical (unpaired) electrons. The van der Waals surface area contributed by atoms with Crippen LogP contribution in [0, 0.1) is 13.8 Å². The van der Waals surface area contributed by atoms with E-state index in [-0.39, 0.29) is 30.1 Å². The van der Waals surface area contributed by atoms with Gasteiger partial charge < -0.3 is 13.9 Å². The van der Waals surface area contributed by atoms with Crippen molar-refractivity contribution in [3.05, 3.63) is 87.5 Å². The van der Waals surface area contributed by atoms with Crippen molar-refractivity contribution in [3.63, 3.8) is 0 Å². The molecule has 0 N–H and O–H groups in total. The lowest BCUT2D eigenvalue weighted by Crippen LogP contribution is -2.37. The number of carbonyl (C=O) groups excluding carboxylic acids is 1. The van der Waals surface area contributed by atoms with Crippen LogP contribution >= 0.6 is 0 Å². The molecule has 3 aromatic heterocycles. The maximum Gasteiger partial charge on any atom is 0.263 e. The van der Waals surface area contributed by atoms with E-state index in [4.69, 9.17) is 4.42 Å². The molecule has 0 spiro atoms. The third kappa shape index (κ3) is 3.59. The topological polar surface area (TPSA) is 68.3 Å². The number of nitrogens with zero attached hydrogens (tertiary/aromatic N) is 3. The van der Waals surface area contributed by atoms with E-state index in [1.165, 1.54) is 4.57 Å². The first-order valence-corrected chi connectivity index (χ1v) is 8.36. The van der Waals surface area contributed by atoms with Crippen molar-refractivity contribution in [2.75, 3.05) is 0 Å². The van der Waals surface area contributed by atoms with Gasteiger partial charge in [0.05, 0.1) is 25.0 Å². The summed E-state index contributed by atoms with van der Waals surface area (Å²) >= 11 is 0. The van der Waals surface area contributed by atoms with E-state index >= 15 is 0 Å². The highest BCUT2D eigenvalue weighted by Crippen LogP contribution is 2.15. The van der Waals surface area contributed by atoms with Crippen molar-refractivity contribution in [2.24, 2.45) is 7.05 Å². The van der Waals surface area contributed by atoms with E-state index in [9.17, 15) is 9.59 Å². The van der Waals surface area contributed by atoms with Crippen LogP contribution in [0.25, 0.3) is 0 Å². The first kappa shape index (κ1) is 17.7. The molecule has 0 aliphatic rings. The highest BCUT2D eigenvalue weighted by Gasteiger charge is 2.24. The molecule has 3 aromatic rings. The first-order chi connectivity index (χ1) is 12.5. The largest absolute Gasteiger partial charge is 0.467 e. The van der Waals surface area contributed by atoms with Crippen molar-refractivity contribution in [1.82, 2.24) is 14.5 Å². The molecule has 3 heterocycles. The van der Waals surface area contributed by atoms with Gasteiger partial charge in [-0.25, -0.2) is 0 Å². The van der Waals surface area contributed by atoms with Gasteiger partial charge in [-0.05, 0) is 49.7 Å². The first-order valence-electron chi connectivity index (χ1n) is 8.36. The van der Waals surface area contributed by atoms with Crippen LogP contribution in [0.15, 0.2) is 58.1 Å². The van der Waals surface area contributed by atoms with Gasteiger partial charge in [-0.3, -0.25) is 14.6 Å². The minimum Gasteiger partial charge on any atom is -0.467 e. The molecule has 0 bridgehead atoms. The van der Waals surface area contributed by atoms with E-state index in [1.54, 1.807) is 43.5 Å². The molecule has 0 aromatic carbocycles. The molecule has 134 valence electrons. The van der Waals surface area contributed by atoms with Crippen molar-refractivity contribution in [3.8, 4) is 0 Å². The summed E-state index contributed by atoms with van der Waals surface area (Å²) in [6.45, 7) is 4.18. The monoisotopic (exact) mass is 351 g/mol. The summed E-state index contributed by atoms with van der Waals surface area (Å²) in [6.07, 6.45) is 3.25. The number of aromatic nitrogens is 2. The number of furan rings is 1. The molecule has 0 aliphatic carbocycles. The Balaban J connectivity index is 2.00. The lowest BCUT2D eigenvalue weighted by molar-refractivity contribution is 0.0712. The van der Waals surface area contributed by atoms with Crippen LogP contribution < -0.4 is 5.56 Å². The quantitative estimate of drug-likeness (QED) is 0.709. The molecule has 0 fully saturated rings. The fraction of sp³-hybridized carbons (Fsp3) is 0.250. The van der Waals surface area contributed by atoms with Gasteiger partial charge in [-0.2, -0.15) is 0 Å². The summed E-state index contributed by atoms with van der Waals surface area (Å²) < 4.78 is 6.89.